The number of hydrogen-bond acceptors (Lipinski definition) is 3. The summed E-state index contributed by atoms with van der Waals surface area (Å²) in [5.41, 5.74) is -0.975. The second-order valence-corrected chi connectivity index (χ2v) is 4.57. The van der Waals surface area contributed by atoms with E-state index < -0.39 is 10.8 Å². The van der Waals surface area contributed by atoms with E-state index in [2.05, 4.69) is 0 Å². The van der Waals surface area contributed by atoms with Crippen molar-refractivity contribution in [3.63, 3.8) is 0 Å². The molecule has 0 N–H and O–H groups in total. The van der Waals surface area contributed by atoms with Crippen molar-refractivity contribution in [1.29, 1.82) is 0 Å². The molecule has 1 saturated carbocycles. The summed E-state index contributed by atoms with van der Waals surface area (Å²) in [6.45, 7) is 0. The molecule has 2 fully saturated rings. The Morgan fingerprint density at radius 1 is 1.00 bits per heavy atom. The fraction of sp³-hybridized carbons (Fsp3) is 0.636. The smallest absolute Gasteiger partial charge is 0.321 e. The number of cyclic esters (lactones) is 2. The quantitative estimate of drug-likeness (QED) is 0.332. The third-order valence-corrected chi connectivity index (χ3v) is 4.19. The van der Waals surface area contributed by atoms with Gasteiger partial charge in [0.25, 0.3) is 0 Å². The number of carbonyl (C=O) groups is 2. The van der Waals surface area contributed by atoms with E-state index in [1.54, 1.807) is 0 Å². The largest absolute Gasteiger partial charge is 0.392 e. The van der Waals surface area contributed by atoms with E-state index in [1.165, 1.54) is 0 Å². The molecule has 1 aliphatic heterocycles. The van der Waals surface area contributed by atoms with Gasteiger partial charge in [0.05, 0.1) is 10.8 Å². The summed E-state index contributed by atoms with van der Waals surface area (Å²) in [7, 11) is 0. The fourth-order valence-corrected chi connectivity index (χ4v) is 3.38. The number of esters is 2. The summed E-state index contributed by atoms with van der Waals surface area (Å²) < 4.78 is 4.84. The number of ether oxygens (including phenoxy) is 1. The second-order valence-electron chi connectivity index (χ2n) is 4.57. The molecule has 74 valence electrons. The third kappa shape index (κ3) is 0.636. The maximum atomic E-state index is 11.7. The summed E-state index contributed by atoms with van der Waals surface area (Å²) in [5.74, 6) is -0.547. The van der Waals surface area contributed by atoms with Crippen molar-refractivity contribution in [1.82, 2.24) is 0 Å². The van der Waals surface area contributed by atoms with E-state index in [0.717, 1.165) is 19.3 Å². The SMILES string of the molecule is O=C1OC(=O)[C@]23CC=CC[C@]12CCC3. The van der Waals surface area contributed by atoms with Crippen LogP contribution in [0.15, 0.2) is 12.2 Å². The van der Waals surface area contributed by atoms with Crippen molar-refractivity contribution in [2.24, 2.45) is 10.8 Å². The van der Waals surface area contributed by atoms with Crippen LogP contribution < -0.4 is 0 Å². The minimum atomic E-state index is -0.487. The van der Waals surface area contributed by atoms with E-state index in [1.807, 2.05) is 12.2 Å². The summed E-state index contributed by atoms with van der Waals surface area (Å²) >= 11 is 0. The van der Waals surface area contributed by atoms with Gasteiger partial charge in [-0.25, -0.2) is 0 Å². The molecule has 0 amide bonds. The average molecular weight is 192 g/mol. The van der Waals surface area contributed by atoms with Gasteiger partial charge in [0.2, 0.25) is 0 Å². The molecule has 0 bridgehead atoms. The molecule has 3 aliphatic rings. The highest BCUT2D eigenvalue weighted by atomic mass is 16.6. The molecule has 0 spiro atoms. The molecule has 0 aromatic carbocycles. The van der Waals surface area contributed by atoms with Gasteiger partial charge < -0.3 is 4.74 Å². The minimum Gasteiger partial charge on any atom is -0.392 e. The van der Waals surface area contributed by atoms with Crippen molar-refractivity contribution in [3.05, 3.63) is 12.2 Å². The fourth-order valence-electron chi connectivity index (χ4n) is 3.38. The molecule has 1 saturated heterocycles. The lowest BCUT2D eigenvalue weighted by Gasteiger charge is -2.35. The first-order valence-corrected chi connectivity index (χ1v) is 5.13. The Morgan fingerprint density at radius 2 is 1.50 bits per heavy atom. The lowest BCUT2D eigenvalue weighted by molar-refractivity contribution is -0.156. The van der Waals surface area contributed by atoms with E-state index in [4.69, 9.17) is 4.74 Å². The molecule has 0 aromatic heterocycles. The molecule has 2 aliphatic carbocycles. The molecular weight excluding hydrogens is 180 g/mol. The first kappa shape index (κ1) is 8.21. The lowest BCUT2D eigenvalue weighted by Crippen LogP contribution is -2.41. The van der Waals surface area contributed by atoms with Crippen LogP contribution in [0.25, 0.3) is 0 Å². The highest BCUT2D eigenvalue weighted by Gasteiger charge is 2.69. The molecule has 0 radical (unpaired) electrons. The van der Waals surface area contributed by atoms with E-state index in [-0.39, 0.29) is 11.9 Å². The predicted molar refractivity (Wildman–Crippen MR) is 48.2 cm³/mol. The maximum absolute atomic E-state index is 11.7. The Morgan fingerprint density at radius 3 is 2.00 bits per heavy atom. The van der Waals surface area contributed by atoms with Crippen LogP contribution in [0.2, 0.25) is 0 Å². The summed E-state index contributed by atoms with van der Waals surface area (Å²) in [5, 5.41) is 0. The highest BCUT2D eigenvalue weighted by Crippen LogP contribution is 2.63. The Bertz CT molecular complexity index is 326. The van der Waals surface area contributed by atoms with Crippen molar-refractivity contribution in [2.75, 3.05) is 0 Å². The van der Waals surface area contributed by atoms with E-state index in [9.17, 15) is 9.59 Å². The van der Waals surface area contributed by atoms with Crippen LogP contribution in [0.3, 0.4) is 0 Å². The van der Waals surface area contributed by atoms with Crippen molar-refractivity contribution >= 4 is 11.9 Å². The number of allylic oxidation sites excluding steroid dienone is 2. The van der Waals surface area contributed by atoms with Gasteiger partial charge in [-0.05, 0) is 25.7 Å². The van der Waals surface area contributed by atoms with Crippen molar-refractivity contribution in [2.45, 2.75) is 32.1 Å². The minimum absolute atomic E-state index is 0.274. The zero-order chi connectivity index (χ0) is 9.81. The van der Waals surface area contributed by atoms with Crippen molar-refractivity contribution in [3.8, 4) is 0 Å². The third-order valence-electron chi connectivity index (χ3n) is 4.19. The van der Waals surface area contributed by atoms with Gasteiger partial charge in [-0.2, -0.15) is 0 Å². The Hall–Kier alpha value is -1.12. The Balaban J connectivity index is 2.21. The summed E-state index contributed by atoms with van der Waals surface area (Å²) in [4.78, 5) is 23.5. The molecular formula is C11H12O3. The maximum Gasteiger partial charge on any atom is 0.321 e. The van der Waals surface area contributed by atoms with Crippen LogP contribution in [0.1, 0.15) is 32.1 Å². The molecule has 14 heavy (non-hydrogen) atoms. The molecule has 0 unspecified atom stereocenters. The van der Waals surface area contributed by atoms with Crippen LogP contribution >= 0.6 is 0 Å². The Kier molecular flexibility index (Phi) is 1.33. The normalized spacial score (nSPS) is 44.9. The van der Waals surface area contributed by atoms with Crippen LogP contribution in [0, 0.1) is 10.8 Å². The summed E-state index contributed by atoms with van der Waals surface area (Å²) in [6, 6.07) is 0. The molecule has 3 nitrogen and oxygen atoms in total. The lowest BCUT2D eigenvalue weighted by atomic mass is 9.61. The second kappa shape index (κ2) is 2.27. The van der Waals surface area contributed by atoms with Crippen LogP contribution in [0.5, 0.6) is 0 Å². The summed E-state index contributed by atoms with van der Waals surface area (Å²) in [6.07, 6.45) is 8.04. The van der Waals surface area contributed by atoms with Crippen LogP contribution in [0.4, 0.5) is 0 Å². The Labute approximate surface area is 82.1 Å². The van der Waals surface area contributed by atoms with Gasteiger partial charge in [0.1, 0.15) is 0 Å². The van der Waals surface area contributed by atoms with Gasteiger partial charge in [0.15, 0.2) is 0 Å². The van der Waals surface area contributed by atoms with Crippen LogP contribution in [-0.4, -0.2) is 11.9 Å². The molecule has 2 atom stereocenters. The van der Waals surface area contributed by atoms with Gasteiger partial charge in [-0.3, -0.25) is 9.59 Å². The number of carbonyl (C=O) groups excluding carboxylic acids is 2. The van der Waals surface area contributed by atoms with E-state index >= 15 is 0 Å². The number of rotatable bonds is 0. The highest BCUT2D eigenvalue weighted by molar-refractivity contribution is 6.02. The first-order chi connectivity index (χ1) is 6.71. The average Bonchev–Trinajstić information content (AvgIpc) is 2.66. The van der Waals surface area contributed by atoms with Gasteiger partial charge in [-0.1, -0.05) is 18.6 Å². The van der Waals surface area contributed by atoms with Gasteiger partial charge in [0, 0.05) is 0 Å². The van der Waals surface area contributed by atoms with E-state index in [0.29, 0.717) is 12.8 Å². The van der Waals surface area contributed by atoms with Gasteiger partial charge >= 0.3 is 11.9 Å². The first-order valence-electron chi connectivity index (χ1n) is 5.13. The van der Waals surface area contributed by atoms with Gasteiger partial charge in [-0.15, -0.1) is 0 Å². The molecule has 3 rings (SSSR count). The van der Waals surface area contributed by atoms with Crippen LogP contribution in [-0.2, 0) is 14.3 Å². The molecule has 0 aromatic rings. The zero-order valence-corrected chi connectivity index (χ0v) is 7.91. The monoisotopic (exact) mass is 192 g/mol. The van der Waals surface area contributed by atoms with Crippen molar-refractivity contribution < 1.29 is 14.3 Å². The standard InChI is InChI=1S/C11H12O3/c12-8-10-4-1-2-5-11(10,7-3-6-10)9(13)14-8/h1-2H,3-7H2/t10-,11+. The predicted octanol–water partition coefficient (Wildman–Crippen LogP) is 1.58. The zero-order valence-electron chi connectivity index (χ0n) is 7.91. The molecule has 1 heterocycles. The molecule has 3 heteroatoms. The topological polar surface area (TPSA) is 43.4 Å². The number of hydrogen-bond donors (Lipinski definition) is 0.